The lowest BCUT2D eigenvalue weighted by Gasteiger charge is -2.57. The Morgan fingerprint density at radius 1 is 0.531 bits per heavy atom. The van der Waals surface area contributed by atoms with Crippen molar-refractivity contribution in [3.05, 3.63) is 335 Å². The number of carbonyl (C=O) groups excluding carboxylic acids is 1. The van der Waals surface area contributed by atoms with Gasteiger partial charge in [-0.05, 0) is 86.0 Å². The molecule has 9 aromatic carbocycles. The highest BCUT2D eigenvalue weighted by Gasteiger charge is 2.71. The van der Waals surface area contributed by atoms with Gasteiger partial charge in [-0.3, -0.25) is 4.79 Å². The number of hydrogen-bond acceptors (Lipinski definition) is 6. The standard InChI is InChI=1S/C70H57N7O3S/c1-76(2)81(79,80)60-40-35-51(36-41-60)47-77-64-43-53(52-37-33-50(44-71)34-38-52)39-42-61(64)70(67(77)78,65(62-45-72-48-74-62)68(54-21-9-3-10-22-54,55-23-11-4-12-24-55)56-25-13-5-14-26-56)66(63-46-73-49-75-63)69(57-27-15-6-16-28-57,58-29-17-7-18-30-58)59-31-19-8-20-32-59/h3-43,45-46,48-49,65-66H,47H2,1-2H3,(H,72,74)(H,73,75). The van der Waals surface area contributed by atoms with Crippen LogP contribution in [0.3, 0.4) is 0 Å². The summed E-state index contributed by atoms with van der Waals surface area (Å²) >= 11 is 0. The van der Waals surface area contributed by atoms with Gasteiger partial charge >= 0.3 is 0 Å². The van der Waals surface area contributed by atoms with Crippen LogP contribution in [0.1, 0.15) is 73.3 Å². The maximum Gasteiger partial charge on any atom is 0.242 e. The summed E-state index contributed by atoms with van der Waals surface area (Å²) in [5, 5.41) is 9.92. The van der Waals surface area contributed by atoms with E-state index in [0.717, 1.165) is 50.1 Å². The number of hydrogen-bond donors (Lipinski definition) is 2. The Morgan fingerprint density at radius 3 is 1.26 bits per heavy atom. The highest BCUT2D eigenvalue weighted by Crippen LogP contribution is 2.70. The van der Waals surface area contributed by atoms with Crippen LogP contribution in [0.15, 0.2) is 279 Å². The number of nitrogens with zero attached hydrogens (tertiary/aromatic N) is 5. The van der Waals surface area contributed by atoms with Crippen LogP contribution in [-0.2, 0) is 37.6 Å². The summed E-state index contributed by atoms with van der Waals surface area (Å²) in [5.74, 6) is -2.03. The van der Waals surface area contributed by atoms with Crippen molar-refractivity contribution in [2.45, 2.75) is 39.5 Å². The molecule has 81 heavy (non-hydrogen) atoms. The van der Waals surface area contributed by atoms with E-state index in [1.54, 1.807) is 36.9 Å². The smallest absolute Gasteiger partial charge is 0.242 e. The van der Waals surface area contributed by atoms with Crippen molar-refractivity contribution in [1.82, 2.24) is 24.2 Å². The van der Waals surface area contributed by atoms with E-state index in [1.165, 1.54) is 18.4 Å². The Bertz CT molecular complexity index is 3730. The number of benzene rings is 9. The number of H-pyrrole nitrogens is 2. The molecule has 12 rings (SSSR count). The van der Waals surface area contributed by atoms with Gasteiger partial charge in [0.05, 0.1) is 52.0 Å². The van der Waals surface area contributed by atoms with E-state index in [2.05, 4.69) is 180 Å². The number of nitrogens with one attached hydrogen (secondary N) is 2. The fourth-order valence-electron chi connectivity index (χ4n) is 13.2. The quantitative estimate of drug-likeness (QED) is 0.0871. The number of rotatable bonds is 17. The summed E-state index contributed by atoms with van der Waals surface area (Å²) in [6.07, 6.45) is 7.20. The van der Waals surface area contributed by atoms with Gasteiger partial charge in [-0.25, -0.2) is 22.7 Å². The second-order valence-electron chi connectivity index (χ2n) is 20.8. The molecular weight excluding hydrogens is 1020 g/mol. The van der Waals surface area contributed by atoms with Gasteiger partial charge in [-0.15, -0.1) is 0 Å². The summed E-state index contributed by atoms with van der Waals surface area (Å²) in [6, 6.07) is 86.1. The second-order valence-corrected chi connectivity index (χ2v) is 23.0. The van der Waals surface area contributed by atoms with E-state index in [1.807, 2.05) is 78.0 Å². The van der Waals surface area contributed by atoms with E-state index in [9.17, 15) is 13.7 Å². The predicted molar refractivity (Wildman–Crippen MR) is 318 cm³/mol. The van der Waals surface area contributed by atoms with Gasteiger partial charge in [0.15, 0.2) is 0 Å². The lowest BCUT2D eigenvalue weighted by Crippen LogP contribution is -2.60. The van der Waals surface area contributed by atoms with Crippen LogP contribution in [0.5, 0.6) is 0 Å². The Hall–Kier alpha value is -9.73. The molecule has 2 unspecified atom stereocenters. The van der Waals surface area contributed by atoms with Crippen LogP contribution in [-0.4, -0.2) is 52.7 Å². The van der Waals surface area contributed by atoms with Crippen molar-refractivity contribution >= 4 is 21.6 Å². The lowest BCUT2D eigenvalue weighted by molar-refractivity contribution is -0.126. The molecule has 0 saturated heterocycles. The van der Waals surface area contributed by atoms with E-state index in [0.29, 0.717) is 28.2 Å². The summed E-state index contributed by atoms with van der Waals surface area (Å²) < 4.78 is 28.4. The summed E-state index contributed by atoms with van der Waals surface area (Å²) in [4.78, 5) is 37.9. The maximum absolute atomic E-state index is 18.6. The first-order valence-electron chi connectivity index (χ1n) is 26.9. The molecule has 1 amide bonds. The first kappa shape index (κ1) is 52.0. The van der Waals surface area contributed by atoms with Crippen LogP contribution in [0.2, 0.25) is 0 Å². The number of nitriles is 1. The largest absolute Gasteiger partial charge is 0.348 e. The molecule has 0 radical (unpaired) electrons. The average Bonchev–Trinajstić information content (AvgIpc) is 2.05. The summed E-state index contributed by atoms with van der Waals surface area (Å²) in [7, 11) is -0.760. The summed E-state index contributed by atoms with van der Waals surface area (Å²) in [6.45, 7) is 0.0577. The number of imidazole rings is 2. The van der Waals surface area contributed by atoms with Crippen molar-refractivity contribution in [2.75, 3.05) is 19.0 Å². The molecule has 2 N–H and O–H groups in total. The normalized spacial score (nSPS) is 15.2. The van der Waals surface area contributed by atoms with Crippen molar-refractivity contribution in [1.29, 1.82) is 5.26 Å². The highest BCUT2D eigenvalue weighted by molar-refractivity contribution is 7.89. The van der Waals surface area contributed by atoms with E-state index in [4.69, 9.17) is 9.97 Å². The zero-order chi connectivity index (χ0) is 55.6. The van der Waals surface area contributed by atoms with Crippen LogP contribution in [0.4, 0.5) is 5.69 Å². The predicted octanol–water partition coefficient (Wildman–Crippen LogP) is 13.3. The van der Waals surface area contributed by atoms with Crippen molar-refractivity contribution < 1.29 is 13.2 Å². The number of amides is 1. The Labute approximate surface area is 472 Å². The van der Waals surface area contributed by atoms with Crippen molar-refractivity contribution in [3.63, 3.8) is 0 Å². The van der Waals surface area contributed by atoms with E-state index >= 15 is 4.79 Å². The molecule has 11 heteroatoms. The van der Waals surface area contributed by atoms with Gasteiger partial charge in [0.2, 0.25) is 15.9 Å². The molecule has 3 heterocycles. The van der Waals surface area contributed by atoms with Crippen molar-refractivity contribution in [2.24, 2.45) is 0 Å². The van der Waals surface area contributed by atoms with Crippen LogP contribution >= 0.6 is 0 Å². The Kier molecular flexibility index (Phi) is 13.8. The molecule has 0 bridgehead atoms. The van der Waals surface area contributed by atoms with Gasteiger partial charge in [0, 0.05) is 55.4 Å². The molecule has 396 valence electrons. The lowest BCUT2D eigenvalue weighted by atomic mass is 9.43. The molecular formula is C70H57N7O3S. The third-order valence-corrected chi connectivity index (χ3v) is 18.4. The number of sulfonamides is 1. The number of fused-ring (bicyclic) bond motifs is 1. The van der Waals surface area contributed by atoms with E-state index in [-0.39, 0.29) is 17.3 Å². The molecule has 1 aliphatic rings. The number of aromatic amines is 2. The first-order chi connectivity index (χ1) is 39.6. The SMILES string of the molecule is CN(C)S(=O)(=O)c1ccc(CN2C(=O)C(C(c3cnc[nH]3)C(c3ccccc3)(c3ccccc3)c3ccccc3)(C(c3cnc[nH]3)C(c3ccccc3)(c3ccccc3)c3ccccc3)c3ccc(-c4ccc(C#N)cc4)cc32)cc1. The molecule has 0 aliphatic carbocycles. The zero-order valence-electron chi connectivity index (χ0n) is 44.7. The number of anilines is 1. The van der Waals surface area contributed by atoms with Crippen LogP contribution < -0.4 is 4.90 Å². The van der Waals surface area contributed by atoms with E-state index < -0.39 is 38.1 Å². The van der Waals surface area contributed by atoms with Gasteiger partial charge in [0.1, 0.15) is 0 Å². The fraction of sp³-hybridized carbons (Fsp3) is 0.114. The maximum atomic E-state index is 18.6. The second kappa shape index (κ2) is 21.5. The average molecular weight is 1080 g/mol. The minimum Gasteiger partial charge on any atom is -0.348 e. The van der Waals surface area contributed by atoms with Crippen molar-refractivity contribution in [3.8, 4) is 17.2 Å². The molecule has 0 fully saturated rings. The third kappa shape index (κ3) is 8.59. The fourth-order valence-corrected chi connectivity index (χ4v) is 14.1. The Balaban J connectivity index is 1.32. The van der Waals surface area contributed by atoms with Gasteiger partial charge in [-0.1, -0.05) is 218 Å². The van der Waals surface area contributed by atoms with Crippen LogP contribution in [0.25, 0.3) is 11.1 Å². The first-order valence-corrected chi connectivity index (χ1v) is 28.4. The number of carbonyl (C=O) groups is 1. The topological polar surface area (TPSA) is 139 Å². The zero-order valence-corrected chi connectivity index (χ0v) is 45.5. The number of aromatic nitrogens is 4. The van der Waals surface area contributed by atoms with Gasteiger partial charge in [-0.2, -0.15) is 5.26 Å². The minimum atomic E-state index is -3.79. The molecule has 0 spiro atoms. The van der Waals surface area contributed by atoms with Gasteiger partial charge < -0.3 is 14.9 Å². The molecule has 11 aromatic rings. The molecule has 2 atom stereocenters. The Morgan fingerprint density at radius 2 is 0.914 bits per heavy atom. The molecule has 10 nitrogen and oxygen atoms in total. The molecule has 2 aromatic heterocycles. The third-order valence-electron chi connectivity index (χ3n) is 16.5. The minimum absolute atomic E-state index is 0.0577. The molecule has 1 aliphatic heterocycles. The highest BCUT2D eigenvalue weighted by atomic mass is 32.2. The summed E-state index contributed by atoms with van der Waals surface area (Å²) in [5.41, 5.74) is 7.20. The van der Waals surface area contributed by atoms with Crippen LogP contribution in [0, 0.1) is 11.3 Å². The molecule has 0 saturated carbocycles. The van der Waals surface area contributed by atoms with Gasteiger partial charge in [0.25, 0.3) is 0 Å². The monoisotopic (exact) mass is 1080 g/mol.